The van der Waals surface area contributed by atoms with Crippen LogP contribution in [-0.4, -0.2) is 17.7 Å². The van der Waals surface area contributed by atoms with Crippen LogP contribution in [0.5, 0.6) is 0 Å². The van der Waals surface area contributed by atoms with Crippen molar-refractivity contribution in [2.45, 2.75) is 26.4 Å². The van der Waals surface area contributed by atoms with Crippen LogP contribution in [0.2, 0.25) is 0 Å². The molecule has 0 saturated heterocycles. The minimum absolute atomic E-state index is 0.0810. The van der Waals surface area contributed by atoms with E-state index in [1.54, 1.807) is 13.0 Å². The smallest absolute Gasteiger partial charge is 0.310 e. The maximum Gasteiger partial charge on any atom is 0.310 e. The van der Waals surface area contributed by atoms with Crippen molar-refractivity contribution in [1.29, 1.82) is 5.26 Å². The van der Waals surface area contributed by atoms with Gasteiger partial charge in [0, 0.05) is 5.56 Å². The fourth-order valence-corrected chi connectivity index (χ4v) is 1.73. The standard InChI is InChI=1S/C13H13F2NO3/c1-2-19-12(18)5-10-9(13(14)15)4-3-8(7-17)11(10)6-16/h3-4,13,17H,2,5,7H2,1H3. The SMILES string of the molecule is CCOC(=O)Cc1c(C(F)F)ccc(CO)c1C#N. The molecule has 0 heterocycles. The summed E-state index contributed by atoms with van der Waals surface area (Å²) in [5, 5.41) is 18.1. The molecule has 0 aliphatic heterocycles. The molecule has 0 atom stereocenters. The predicted molar refractivity (Wildman–Crippen MR) is 62.4 cm³/mol. The highest BCUT2D eigenvalue weighted by Gasteiger charge is 2.21. The molecule has 0 radical (unpaired) electrons. The normalized spacial score (nSPS) is 10.3. The van der Waals surface area contributed by atoms with E-state index in [-0.39, 0.29) is 28.9 Å². The van der Waals surface area contributed by atoms with E-state index in [2.05, 4.69) is 0 Å². The lowest BCUT2D eigenvalue weighted by Crippen LogP contribution is -2.12. The van der Waals surface area contributed by atoms with Crippen LogP contribution < -0.4 is 0 Å². The molecular formula is C13H13F2NO3. The highest BCUT2D eigenvalue weighted by molar-refractivity contribution is 5.74. The molecule has 102 valence electrons. The summed E-state index contributed by atoms with van der Waals surface area (Å²) < 4.78 is 30.5. The third-order valence-electron chi connectivity index (χ3n) is 2.58. The summed E-state index contributed by atoms with van der Waals surface area (Å²) in [6, 6.07) is 4.13. The zero-order valence-electron chi connectivity index (χ0n) is 10.3. The molecule has 19 heavy (non-hydrogen) atoms. The van der Waals surface area contributed by atoms with Crippen LogP contribution in [-0.2, 0) is 22.6 Å². The molecule has 1 aromatic rings. The second-order valence-corrected chi connectivity index (χ2v) is 3.72. The highest BCUT2D eigenvalue weighted by Crippen LogP contribution is 2.28. The van der Waals surface area contributed by atoms with Crippen LogP contribution in [0, 0.1) is 11.3 Å². The van der Waals surface area contributed by atoms with E-state index in [0.29, 0.717) is 0 Å². The van der Waals surface area contributed by atoms with Crippen molar-refractivity contribution >= 4 is 5.97 Å². The third-order valence-corrected chi connectivity index (χ3v) is 2.58. The number of ether oxygens (including phenoxy) is 1. The molecule has 4 nitrogen and oxygen atoms in total. The van der Waals surface area contributed by atoms with Crippen molar-refractivity contribution in [2.75, 3.05) is 6.61 Å². The Hall–Kier alpha value is -2.00. The van der Waals surface area contributed by atoms with Crippen molar-refractivity contribution in [1.82, 2.24) is 0 Å². The number of hydrogen-bond donors (Lipinski definition) is 1. The van der Waals surface area contributed by atoms with Gasteiger partial charge in [-0.3, -0.25) is 4.79 Å². The van der Waals surface area contributed by atoms with E-state index in [4.69, 9.17) is 15.1 Å². The second-order valence-electron chi connectivity index (χ2n) is 3.72. The summed E-state index contributed by atoms with van der Waals surface area (Å²) in [5.41, 5.74) is -0.344. The molecule has 0 aliphatic carbocycles. The Morgan fingerprint density at radius 3 is 2.68 bits per heavy atom. The van der Waals surface area contributed by atoms with Crippen molar-refractivity contribution in [2.24, 2.45) is 0 Å². The summed E-state index contributed by atoms with van der Waals surface area (Å²) in [6.07, 6.45) is -3.21. The summed E-state index contributed by atoms with van der Waals surface area (Å²) >= 11 is 0. The van der Waals surface area contributed by atoms with Crippen LogP contribution in [0.3, 0.4) is 0 Å². The number of esters is 1. The van der Waals surface area contributed by atoms with Crippen LogP contribution in [0.25, 0.3) is 0 Å². The zero-order chi connectivity index (χ0) is 14.4. The lowest BCUT2D eigenvalue weighted by atomic mass is 9.94. The topological polar surface area (TPSA) is 70.3 Å². The zero-order valence-corrected chi connectivity index (χ0v) is 10.3. The van der Waals surface area contributed by atoms with Gasteiger partial charge < -0.3 is 9.84 Å². The Labute approximate surface area is 109 Å². The largest absolute Gasteiger partial charge is 0.466 e. The van der Waals surface area contributed by atoms with Crippen LogP contribution in [0.1, 0.15) is 35.6 Å². The van der Waals surface area contributed by atoms with Gasteiger partial charge in [-0.1, -0.05) is 12.1 Å². The number of benzene rings is 1. The number of carbonyl (C=O) groups excluding carboxylic acids is 1. The van der Waals surface area contributed by atoms with Crippen molar-refractivity contribution in [3.8, 4) is 6.07 Å². The second kappa shape index (κ2) is 6.81. The van der Waals surface area contributed by atoms with Gasteiger partial charge in [-0.25, -0.2) is 8.78 Å². The number of aliphatic hydroxyl groups is 1. The van der Waals surface area contributed by atoms with E-state index in [1.807, 2.05) is 0 Å². The maximum atomic E-state index is 12.9. The van der Waals surface area contributed by atoms with E-state index in [1.165, 1.54) is 6.07 Å². The molecule has 1 aromatic carbocycles. The average Bonchev–Trinajstić information content (AvgIpc) is 2.37. The van der Waals surface area contributed by atoms with Gasteiger partial charge in [0.15, 0.2) is 0 Å². The van der Waals surface area contributed by atoms with Gasteiger partial charge in [0.2, 0.25) is 0 Å². The molecule has 0 amide bonds. The molecule has 0 fully saturated rings. The van der Waals surface area contributed by atoms with Crippen molar-refractivity contribution in [3.05, 3.63) is 34.4 Å². The Bertz CT molecular complexity index is 509. The maximum absolute atomic E-state index is 12.9. The number of carbonyl (C=O) groups is 1. The number of alkyl halides is 2. The van der Waals surface area contributed by atoms with Crippen molar-refractivity contribution < 1.29 is 23.4 Å². The molecule has 1 N–H and O–H groups in total. The average molecular weight is 269 g/mol. The van der Waals surface area contributed by atoms with E-state index < -0.39 is 25.4 Å². The molecule has 1 rings (SSSR count). The first-order valence-corrected chi connectivity index (χ1v) is 5.64. The Morgan fingerprint density at radius 1 is 1.53 bits per heavy atom. The van der Waals surface area contributed by atoms with E-state index in [0.717, 1.165) is 6.07 Å². The molecule has 0 spiro atoms. The number of hydrogen-bond acceptors (Lipinski definition) is 4. The molecular weight excluding hydrogens is 256 g/mol. The van der Waals surface area contributed by atoms with Gasteiger partial charge in [-0.15, -0.1) is 0 Å². The van der Waals surface area contributed by atoms with Crippen LogP contribution in [0.15, 0.2) is 12.1 Å². The first-order chi connectivity index (χ1) is 9.04. The summed E-state index contributed by atoms with van der Waals surface area (Å²) in [6.45, 7) is 1.27. The van der Waals surface area contributed by atoms with Gasteiger partial charge in [-0.05, 0) is 18.1 Å². The van der Waals surface area contributed by atoms with E-state index in [9.17, 15) is 13.6 Å². The minimum Gasteiger partial charge on any atom is -0.466 e. The molecule has 0 aliphatic rings. The number of halogens is 2. The summed E-state index contributed by atoms with van der Waals surface area (Å²) in [5.74, 6) is -0.684. The molecule has 0 aromatic heterocycles. The van der Waals surface area contributed by atoms with Gasteiger partial charge in [-0.2, -0.15) is 5.26 Å². The first-order valence-electron chi connectivity index (χ1n) is 5.64. The van der Waals surface area contributed by atoms with Crippen LogP contribution in [0.4, 0.5) is 8.78 Å². The molecule has 6 heteroatoms. The van der Waals surface area contributed by atoms with Gasteiger partial charge in [0.1, 0.15) is 0 Å². The monoisotopic (exact) mass is 269 g/mol. The Kier molecular flexibility index (Phi) is 5.39. The van der Waals surface area contributed by atoms with Crippen LogP contribution >= 0.6 is 0 Å². The van der Waals surface area contributed by atoms with Crippen molar-refractivity contribution in [3.63, 3.8) is 0 Å². The van der Waals surface area contributed by atoms with E-state index >= 15 is 0 Å². The van der Waals surface area contributed by atoms with Gasteiger partial charge >= 0.3 is 5.97 Å². The number of nitrogens with zero attached hydrogens (tertiary/aromatic N) is 1. The minimum atomic E-state index is -2.80. The number of rotatable bonds is 5. The lowest BCUT2D eigenvalue weighted by molar-refractivity contribution is -0.142. The highest BCUT2D eigenvalue weighted by atomic mass is 19.3. The molecule has 0 unspecified atom stereocenters. The quantitative estimate of drug-likeness (QED) is 0.831. The fraction of sp³-hybridized carbons (Fsp3) is 0.385. The summed E-state index contributed by atoms with van der Waals surface area (Å²) in [4.78, 5) is 11.4. The first kappa shape index (κ1) is 15.1. The number of aliphatic hydroxyl groups excluding tert-OH is 1. The molecule has 0 bridgehead atoms. The Morgan fingerprint density at radius 2 is 2.21 bits per heavy atom. The van der Waals surface area contributed by atoms with Gasteiger partial charge in [0.05, 0.1) is 31.3 Å². The fourth-order valence-electron chi connectivity index (χ4n) is 1.73. The van der Waals surface area contributed by atoms with Gasteiger partial charge in [0.25, 0.3) is 6.43 Å². The summed E-state index contributed by atoms with van der Waals surface area (Å²) in [7, 11) is 0. The predicted octanol–water partition coefficient (Wildman–Crippen LogP) is 2.09. The molecule has 0 saturated carbocycles. The number of nitriles is 1. The Balaban J connectivity index is 3.30. The lowest BCUT2D eigenvalue weighted by Gasteiger charge is -2.13. The third kappa shape index (κ3) is 3.48.